The first-order valence-corrected chi connectivity index (χ1v) is 11.7. The molecule has 0 rings (SSSR count). The van der Waals surface area contributed by atoms with E-state index in [-0.39, 0.29) is 6.61 Å². The highest BCUT2D eigenvalue weighted by Crippen LogP contribution is 2.15. The zero-order valence-electron chi connectivity index (χ0n) is 17.6. The molecule has 0 aromatic rings. The molecule has 0 heterocycles. The molecule has 0 radical (unpaired) electrons. The monoisotopic (exact) mass is 372 g/mol. The molecule has 3 N–H and O–H groups in total. The van der Waals surface area contributed by atoms with Crippen LogP contribution in [0.15, 0.2) is 0 Å². The molecule has 0 aliphatic heterocycles. The van der Waals surface area contributed by atoms with Crippen LogP contribution in [0.1, 0.15) is 129 Å². The predicted molar refractivity (Wildman–Crippen MR) is 112 cm³/mol. The minimum absolute atomic E-state index is 0.347. The largest absolute Gasteiger partial charge is 0.394 e. The third-order valence-corrected chi connectivity index (χ3v) is 5.48. The van der Waals surface area contributed by atoms with E-state index in [2.05, 4.69) is 6.92 Å². The van der Waals surface area contributed by atoms with Gasteiger partial charge in [-0.3, -0.25) is 0 Å². The first-order chi connectivity index (χ1) is 12.7. The molecule has 0 unspecified atom stereocenters. The maximum Gasteiger partial charge on any atom is 0.103 e. The van der Waals surface area contributed by atoms with Crippen LogP contribution in [0.4, 0.5) is 0 Å². The summed E-state index contributed by atoms with van der Waals surface area (Å²) in [6.45, 7) is 1.93. The quantitative estimate of drug-likeness (QED) is 0.212. The standard InChI is InChI=1S/C23H48O3/c1-2-3-4-5-6-7-8-9-10-11-12-13-14-15-16-17-18-19-20-22(25)23(26)21-24/h22-26H,2-21H2,1H3/t22-,23-/m0/s1. The lowest BCUT2D eigenvalue weighted by Crippen LogP contribution is -2.28. The second-order valence-corrected chi connectivity index (χ2v) is 8.12. The van der Waals surface area contributed by atoms with E-state index in [0.29, 0.717) is 6.42 Å². The van der Waals surface area contributed by atoms with Gasteiger partial charge in [0.05, 0.1) is 12.7 Å². The Labute approximate surface area is 163 Å². The Morgan fingerprint density at radius 2 is 0.769 bits per heavy atom. The lowest BCUT2D eigenvalue weighted by molar-refractivity contribution is -0.0185. The maximum absolute atomic E-state index is 9.54. The summed E-state index contributed by atoms with van der Waals surface area (Å²) in [7, 11) is 0. The Balaban J connectivity index is 3.07. The van der Waals surface area contributed by atoms with Crippen molar-refractivity contribution in [2.75, 3.05) is 6.61 Å². The van der Waals surface area contributed by atoms with E-state index in [1.165, 1.54) is 103 Å². The molecule has 2 atom stereocenters. The van der Waals surface area contributed by atoms with Gasteiger partial charge >= 0.3 is 0 Å². The van der Waals surface area contributed by atoms with E-state index in [0.717, 1.165) is 12.8 Å². The lowest BCUT2D eigenvalue weighted by Gasteiger charge is -2.14. The van der Waals surface area contributed by atoms with Gasteiger partial charge in [0.25, 0.3) is 0 Å². The highest BCUT2D eigenvalue weighted by atomic mass is 16.4. The van der Waals surface area contributed by atoms with Gasteiger partial charge in [0, 0.05) is 0 Å². The predicted octanol–water partition coefficient (Wildman–Crippen LogP) is 6.13. The average Bonchev–Trinajstić information content (AvgIpc) is 2.66. The van der Waals surface area contributed by atoms with Crippen molar-refractivity contribution in [3.05, 3.63) is 0 Å². The zero-order chi connectivity index (χ0) is 19.3. The summed E-state index contributed by atoms with van der Waals surface area (Å²) in [5.41, 5.74) is 0. The Morgan fingerprint density at radius 1 is 0.462 bits per heavy atom. The van der Waals surface area contributed by atoms with Crippen molar-refractivity contribution in [3.8, 4) is 0 Å². The summed E-state index contributed by atoms with van der Waals surface area (Å²) in [6, 6.07) is 0. The van der Waals surface area contributed by atoms with Gasteiger partial charge in [-0.25, -0.2) is 0 Å². The van der Waals surface area contributed by atoms with Crippen LogP contribution in [0.5, 0.6) is 0 Å². The van der Waals surface area contributed by atoms with Crippen LogP contribution < -0.4 is 0 Å². The van der Waals surface area contributed by atoms with E-state index in [4.69, 9.17) is 5.11 Å². The summed E-state index contributed by atoms with van der Waals surface area (Å²) in [4.78, 5) is 0. The molecule has 0 aromatic heterocycles. The van der Waals surface area contributed by atoms with Crippen LogP contribution in [0.25, 0.3) is 0 Å². The SMILES string of the molecule is CCCCCCCCCCCCCCCCCCCC[C@H](O)[C@@H](O)CO. The molecule has 3 heteroatoms. The summed E-state index contributed by atoms with van der Waals surface area (Å²) in [5.74, 6) is 0. The number of aliphatic hydroxyl groups excluding tert-OH is 3. The Hall–Kier alpha value is -0.120. The van der Waals surface area contributed by atoms with Crippen molar-refractivity contribution in [2.45, 2.75) is 141 Å². The minimum Gasteiger partial charge on any atom is -0.394 e. The molecule has 0 amide bonds. The number of hydrogen-bond donors (Lipinski definition) is 3. The summed E-state index contributed by atoms with van der Waals surface area (Å²) < 4.78 is 0. The number of aliphatic hydroxyl groups is 3. The molecule has 3 nitrogen and oxygen atoms in total. The van der Waals surface area contributed by atoms with Gasteiger partial charge in [-0.15, -0.1) is 0 Å². The van der Waals surface area contributed by atoms with Crippen LogP contribution in [-0.2, 0) is 0 Å². The molecule has 26 heavy (non-hydrogen) atoms. The summed E-state index contributed by atoms with van der Waals surface area (Å²) >= 11 is 0. The maximum atomic E-state index is 9.54. The molecule has 0 aromatic carbocycles. The fourth-order valence-electron chi connectivity index (χ4n) is 3.57. The van der Waals surface area contributed by atoms with E-state index in [9.17, 15) is 10.2 Å². The van der Waals surface area contributed by atoms with Gasteiger partial charge < -0.3 is 15.3 Å². The zero-order valence-corrected chi connectivity index (χ0v) is 17.6. The van der Waals surface area contributed by atoms with E-state index < -0.39 is 12.2 Å². The lowest BCUT2D eigenvalue weighted by atomic mass is 10.0. The van der Waals surface area contributed by atoms with Gasteiger partial charge in [-0.2, -0.15) is 0 Å². The third kappa shape index (κ3) is 18.7. The fraction of sp³-hybridized carbons (Fsp3) is 1.00. The highest BCUT2D eigenvalue weighted by molar-refractivity contribution is 4.65. The molecule has 158 valence electrons. The van der Waals surface area contributed by atoms with Crippen LogP contribution in [0.2, 0.25) is 0 Å². The topological polar surface area (TPSA) is 60.7 Å². The molecule has 0 aliphatic rings. The van der Waals surface area contributed by atoms with E-state index in [1.54, 1.807) is 0 Å². The van der Waals surface area contributed by atoms with Gasteiger partial charge in [-0.1, -0.05) is 122 Å². The number of hydrogen-bond acceptors (Lipinski definition) is 3. The fourth-order valence-corrected chi connectivity index (χ4v) is 3.57. The van der Waals surface area contributed by atoms with E-state index in [1.807, 2.05) is 0 Å². The number of unbranched alkanes of at least 4 members (excludes halogenated alkanes) is 17. The van der Waals surface area contributed by atoms with E-state index >= 15 is 0 Å². The van der Waals surface area contributed by atoms with Gasteiger partial charge in [-0.05, 0) is 6.42 Å². The molecular formula is C23H48O3. The van der Waals surface area contributed by atoms with Gasteiger partial charge in [0.1, 0.15) is 6.10 Å². The van der Waals surface area contributed by atoms with Crippen LogP contribution >= 0.6 is 0 Å². The molecule has 0 saturated carbocycles. The second-order valence-electron chi connectivity index (χ2n) is 8.12. The Morgan fingerprint density at radius 3 is 1.08 bits per heavy atom. The Kier molecular flexibility index (Phi) is 21.1. The van der Waals surface area contributed by atoms with Gasteiger partial charge in [0.2, 0.25) is 0 Å². The summed E-state index contributed by atoms with van der Waals surface area (Å²) in [6.07, 6.45) is 23.2. The number of rotatable bonds is 21. The van der Waals surface area contributed by atoms with Crippen molar-refractivity contribution in [1.82, 2.24) is 0 Å². The van der Waals surface area contributed by atoms with Crippen LogP contribution in [0, 0.1) is 0 Å². The van der Waals surface area contributed by atoms with Crippen LogP contribution in [0.3, 0.4) is 0 Å². The molecular weight excluding hydrogens is 324 g/mol. The van der Waals surface area contributed by atoms with Gasteiger partial charge in [0.15, 0.2) is 0 Å². The van der Waals surface area contributed by atoms with Crippen molar-refractivity contribution in [1.29, 1.82) is 0 Å². The van der Waals surface area contributed by atoms with Crippen molar-refractivity contribution >= 4 is 0 Å². The minimum atomic E-state index is -0.971. The Bertz CT molecular complexity index is 258. The first-order valence-electron chi connectivity index (χ1n) is 11.7. The highest BCUT2D eigenvalue weighted by Gasteiger charge is 2.13. The average molecular weight is 373 g/mol. The molecule has 0 aliphatic carbocycles. The first kappa shape index (κ1) is 25.9. The van der Waals surface area contributed by atoms with Crippen molar-refractivity contribution in [2.24, 2.45) is 0 Å². The molecule has 0 fully saturated rings. The van der Waals surface area contributed by atoms with Crippen molar-refractivity contribution in [3.63, 3.8) is 0 Å². The normalized spacial score (nSPS) is 13.8. The van der Waals surface area contributed by atoms with Crippen LogP contribution in [-0.4, -0.2) is 34.1 Å². The molecule has 0 spiro atoms. The summed E-state index contributed by atoms with van der Waals surface area (Å²) in [5, 5.41) is 27.6. The smallest absolute Gasteiger partial charge is 0.103 e. The second kappa shape index (κ2) is 21.2. The molecule has 0 saturated heterocycles. The molecule has 0 bridgehead atoms. The third-order valence-electron chi connectivity index (χ3n) is 5.48. The van der Waals surface area contributed by atoms with Crippen molar-refractivity contribution < 1.29 is 15.3 Å².